The highest BCUT2D eigenvalue weighted by atomic mass is 79.9. The molecule has 2 N–H and O–H groups in total. The Balaban J connectivity index is 2.14. The highest BCUT2D eigenvalue weighted by Crippen LogP contribution is 2.18. The molecule has 0 radical (unpaired) electrons. The second kappa shape index (κ2) is 6.36. The van der Waals surface area contributed by atoms with Crippen LogP contribution in [0.4, 0.5) is 10.1 Å². The summed E-state index contributed by atoms with van der Waals surface area (Å²) in [6, 6.07) is 6.33. The van der Waals surface area contributed by atoms with Gasteiger partial charge in [-0.05, 0) is 52.3 Å². The molecule has 0 aliphatic rings. The van der Waals surface area contributed by atoms with Gasteiger partial charge in [0.25, 0.3) is 0 Å². The average Bonchev–Trinajstić information content (AvgIpc) is 2.82. The molecule has 0 atom stereocenters. The standard InChI is InChI=1S/C14H9BrFNO4/c15-12-5-2-9(21-12)3-6-13(18)17-11-7-8(16)1-4-10(11)14(19)20/h1-7H,(H,17,18)(H,19,20)/b6-3+. The van der Waals surface area contributed by atoms with Gasteiger partial charge in [0.2, 0.25) is 5.91 Å². The van der Waals surface area contributed by atoms with Crippen LogP contribution in [0.25, 0.3) is 6.08 Å². The number of carboxylic acid groups (broad SMARTS) is 1. The molecule has 2 rings (SSSR count). The average molecular weight is 354 g/mol. The molecular formula is C14H9BrFNO4. The fourth-order valence-electron chi connectivity index (χ4n) is 1.56. The van der Waals surface area contributed by atoms with Crippen molar-refractivity contribution in [2.24, 2.45) is 0 Å². The third kappa shape index (κ3) is 4.03. The van der Waals surface area contributed by atoms with Crippen molar-refractivity contribution in [3.05, 3.63) is 58.2 Å². The number of anilines is 1. The number of carboxylic acids is 1. The van der Waals surface area contributed by atoms with Crippen LogP contribution in [0.1, 0.15) is 16.1 Å². The fraction of sp³-hybridized carbons (Fsp3) is 0. The first-order valence-corrected chi connectivity index (χ1v) is 6.52. The number of benzene rings is 1. The molecule has 0 fully saturated rings. The van der Waals surface area contributed by atoms with E-state index in [2.05, 4.69) is 21.2 Å². The Labute approximate surface area is 127 Å². The minimum Gasteiger partial charge on any atom is -0.478 e. The predicted octanol–water partition coefficient (Wildman–Crippen LogP) is 3.53. The molecule has 2 aromatic rings. The number of nitrogens with one attached hydrogen (secondary N) is 1. The van der Waals surface area contributed by atoms with Gasteiger partial charge in [-0.2, -0.15) is 0 Å². The molecule has 21 heavy (non-hydrogen) atoms. The fourth-order valence-corrected chi connectivity index (χ4v) is 1.88. The Kier molecular flexibility index (Phi) is 4.54. The maximum Gasteiger partial charge on any atom is 0.337 e. The van der Waals surface area contributed by atoms with E-state index in [0.717, 1.165) is 24.3 Å². The molecule has 7 heteroatoms. The number of halogens is 2. The van der Waals surface area contributed by atoms with Gasteiger partial charge in [-0.15, -0.1) is 0 Å². The van der Waals surface area contributed by atoms with Gasteiger partial charge in [0.05, 0.1) is 11.3 Å². The molecule has 0 bridgehead atoms. The van der Waals surface area contributed by atoms with Gasteiger partial charge < -0.3 is 14.8 Å². The summed E-state index contributed by atoms with van der Waals surface area (Å²) in [7, 11) is 0. The summed E-state index contributed by atoms with van der Waals surface area (Å²) in [6.45, 7) is 0. The van der Waals surface area contributed by atoms with E-state index >= 15 is 0 Å². The minimum absolute atomic E-state index is 0.113. The van der Waals surface area contributed by atoms with E-state index in [0.29, 0.717) is 10.4 Å². The second-order valence-corrected chi connectivity index (χ2v) is 4.74. The zero-order valence-corrected chi connectivity index (χ0v) is 12.1. The van der Waals surface area contributed by atoms with Crippen LogP contribution in [-0.2, 0) is 4.79 Å². The zero-order valence-electron chi connectivity index (χ0n) is 10.5. The molecule has 1 amide bonds. The summed E-state index contributed by atoms with van der Waals surface area (Å²) < 4.78 is 18.8. The molecular weight excluding hydrogens is 345 g/mol. The third-order valence-electron chi connectivity index (χ3n) is 2.46. The van der Waals surface area contributed by atoms with E-state index in [1.807, 2.05) is 0 Å². The van der Waals surface area contributed by atoms with Crippen molar-refractivity contribution in [3.8, 4) is 0 Å². The number of aromatic carboxylic acids is 1. The number of carbonyl (C=O) groups excluding carboxylic acids is 1. The predicted molar refractivity (Wildman–Crippen MR) is 77.4 cm³/mol. The first-order valence-electron chi connectivity index (χ1n) is 5.73. The molecule has 5 nitrogen and oxygen atoms in total. The monoisotopic (exact) mass is 353 g/mol. The summed E-state index contributed by atoms with van der Waals surface area (Å²) in [4.78, 5) is 22.7. The van der Waals surface area contributed by atoms with Gasteiger partial charge in [-0.25, -0.2) is 9.18 Å². The number of rotatable bonds is 4. The Morgan fingerprint density at radius 1 is 1.29 bits per heavy atom. The number of hydrogen-bond donors (Lipinski definition) is 2. The summed E-state index contributed by atoms with van der Waals surface area (Å²) in [5.74, 6) is -2.07. The van der Waals surface area contributed by atoms with E-state index in [-0.39, 0.29) is 11.3 Å². The van der Waals surface area contributed by atoms with Gasteiger partial charge in [-0.1, -0.05) is 0 Å². The molecule has 0 saturated heterocycles. The van der Waals surface area contributed by atoms with Crippen LogP contribution in [0.3, 0.4) is 0 Å². The first-order chi connectivity index (χ1) is 9.95. The molecule has 0 spiro atoms. The van der Waals surface area contributed by atoms with Gasteiger partial charge >= 0.3 is 5.97 Å². The smallest absolute Gasteiger partial charge is 0.337 e. The van der Waals surface area contributed by atoms with Crippen molar-refractivity contribution in [2.45, 2.75) is 0 Å². The van der Waals surface area contributed by atoms with Crippen molar-refractivity contribution in [1.29, 1.82) is 0 Å². The van der Waals surface area contributed by atoms with Crippen LogP contribution in [0.2, 0.25) is 0 Å². The molecule has 108 valence electrons. The number of amides is 1. The Bertz CT molecular complexity index is 724. The normalized spacial score (nSPS) is 10.8. The number of hydrogen-bond acceptors (Lipinski definition) is 3. The SMILES string of the molecule is O=C(/C=C/c1ccc(Br)o1)Nc1cc(F)ccc1C(=O)O. The van der Waals surface area contributed by atoms with Crippen LogP contribution in [0.5, 0.6) is 0 Å². The summed E-state index contributed by atoms with van der Waals surface area (Å²) in [6.07, 6.45) is 2.56. The number of furan rings is 1. The lowest BCUT2D eigenvalue weighted by Crippen LogP contribution is -2.12. The first kappa shape index (κ1) is 15.0. The molecule has 0 aliphatic heterocycles. The van der Waals surface area contributed by atoms with Crippen LogP contribution in [0, 0.1) is 5.82 Å². The Hall–Kier alpha value is -2.41. The van der Waals surface area contributed by atoms with Crippen LogP contribution < -0.4 is 5.32 Å². The van der Waals surface area contributed by atoms with Crippen molar-refractivity contribution in [1.82, 2.24) is 0 Å². The lowest BCUT2D eigenvalue weighted by Gasteiger charge is -2.06. The van der Waals surface area contributed by atoms with E-state index < -0.39 is 17.7 Å². The summed E-state index contributed by atoms with van der Waals surface area (Å²) >= 11 is 3.12. The van der Waals surface area contributed by atoms with Crippen LogP contribution >= 0.6 is 15.9 Å². The maximum atomic E-state index is 13.1. The third-order valence-corrected chi connectivity index (χ3v) is 2.89. The van der Waals surface area contributed by atoms with Gasteiger partial charge in [0.15, 0.2) is 4.67 Å². The van der Waals surface area contributed by atoms with E-state index in [1.54, 1.807) is 12.1 Å². The van der Waals surface area contributed by atoms with Gasteiger partial charge in [0, 0.05) is 6.08 Å². The second-order valence-electron chi connectivity index (χ2n) is 3.96. The highest BCUT2D eigenvalue weighted by molar-refractivity contribution is 9.10. The highest BCUT2D eigenvalue weighted by Gasteiger charge is 2.12. The van der Waals surface area contributed by atoms with Gasteiger partial charge in [-0.3, -0.25) is 4.79 Å². The molecule has 0 saturated carbocycles. The zero-order chi connectivity index (χ0) is 15.4. The Morgan fingerprint density at radius 3 is 2.67 bits per heavy atom. The molecule has 1 heterocycles. The van der Waals surface area contributed by atoms with Crippen molar-refractivity contribution in [2.75, 3.05) is 5.32 Å². The van der Waals surface area contributed by atoms with Crippen LogP contribution in [0.15, 0.2) is 45.5 Å². The molecule has 1 aromatic heterocycles. The van der Waals surface area contributed by atoms with Crippen molar-refractivity contribution >= 4 is 39.6 Å². The largest absolute Gasteiger partial charge is 0.478 e. The lowest BCUT2D eigenvalue weighted by atomic mass is 10.1. The lowest BCUT2D eigenvalue weighted by molar-refractivity contribution is -0.111. The number of carbonyl (C=O) groups is 2. The quantitative estimate of drug-likeness (QED) is 0.824. The summed E-state index contributed by atoms with van der Waals surface area (Å²) in [5.41, 5.74) is -0.309. The van der Waals surface area contributed by atoms with Crippen molar-refractivity contribution in [3.63, 3.8) is 0 Å². The summed E-state index contributed by atoms with van der Waals surface area (Å²) in [5, 5.41) is 11.3. The Morgan fingerprint density at radius 2 is 2.05 bits per heavy atom. The molecule has 0 unspecified atom stereocenters. The van der Waals surface area contributed by atoms with Crippen molar-refractivity contribution < 1.29 is 23.5 Å². The maximum absolute atomic E-state index is 13.1. The van der Waals surface area contributed by atoms with Crippen LogP contribution in [-0.4, -0.2) is 17.0 Å². The minimum atomic E-state index is -1.26. The van der Waals surface area contributed by atoms with E-state index in [9.17, 15) is 14.0 Å². The topological polar surface area (TPSA) is 79.5 Å². The molecule has 0 aliphatic carbocycles. The van der Waals surface area contributed by atoms with Gasteiger partial charge in [0.1, 0.15) is 11.6 Å². The van der Waals surface area contributed by atoms with E-state index in [1.165, 1.54) is 6.08 Å². The molecule has 1 aromatic carbocycles. The van der Waals surface area contributed by atoms with E-state index in [4.69, 9.17) is 9.52 Å².